The van der Waals surface area contributed by atoms with Gasteiger partial charge in [0.05, 0.1) is 0 Å². The molecule has 114 valence electrons. The Bertz CT molecular complexity index is 686. The lowest BCUT2D eigenvalue weighted by Gasteiger charge is -2.11. The van der Waals surface area contributed by atoms with Crippen molar-refractivity contribution in [3.63, 3.8) is 0 Å². The van der Waals surface area contributed by atoms with Gasteiger partial charge in [0, 0.05) is 11.3 Å². The molecule has 3 N–H and O–H groups in total. The summed E-state index contributed by atoms with van der Waals surface area (Å²) in [5, 5.41) is 2.77. The van der Waals surface area contributed by atoms with Crippen molar-refractivity contribution in [3.05, 3.63) is 59.7 Å². The first-order chi connectivity index (χ1) is 10.6. The zero-order valence-corrected chi connectivity index (χ0v) is 13.2. The van der Waals surface area contributed by atoms with Gasteiger partial charge < -0.3 is 15.8 Å². The molecule has 0 aromatic heterocycles. The molecule has 1 amide bonds. The number of anilines is 1. The summed E-state index contributed by atoms with van der Waals surface area (Å²) < 4.78 is 5.58. The molecule has 0 radical (unpaired) electrons. The third-order valence-electron chi connectivity index (χ3n) is 3.14. The molecule has 4 nitrogen and oxygen atoms in total. The number of rotatable bonds is 6. The molecule has 0 aliphatic carbocycles. The van der Waals surface area contributed by atoms with E-state index in [2.05, 4.69) is 5.32 Å². The van der Waals surface area contributed by atoms with Crippen molar-refractivity contribution in [3.8, 4) is 5.75 Å². The van der Waals surface area contributed by atoms with Crippen LogP contribution in [0, 0.1) is 0 Å². The fraction of sp³-hybridized carbons (Fsp3) is 0.176. The molecule has 0 bridgehead atoms. The van der Waals surface area contributed by atoms with Gasteiger partial charge in [-0.3, -0.25) is 4.79 Å². The molecule has 22 heavy (non-hydrogen) atoms. The highest BCUT2D eigenvalue weighted by molar-refractivity contribution is 7.80. The zero-order valence-electron chi connectivity index (χ0n) is 12.3. The molecule has 0 atom stereocenters. The van der Waals surface area contributed by atoms with Gasteiger partial charge in [-0.2, -0.15) is 0 Å². The lowest BCUT2D eigenvalue weighted by molar-refractivity contribution is -0.118. The number of hydrogen-bond donors (Lipinski definition) is 2. The van der Waals surface area contributed by atoms with Crippen molar-refractivity contribution in [1.82, 2.24) is 0 Å². The maximum atomic E-state index is 12.0. The predicted molar refractivity (Wildman–Crippen MR) is 92.3 cm³/mol. The van der Waals surface area contributed by atoms with Crippen LogP contribution < -0.4 is 15.8 Å². The first kappa shape index (κ1) is 16.0. The fourth-order valence-electron chi connectivity index (χ4n) is 2.03. The molecule has 2 aromatic carbocycles. The second-order valence-corrected chi connectivity index (χ2v) is 5.18. The number of aryl methyl sites for hydroxylation is 1. The van der Waals surface area contributed by atoms with E-state index in [0.717, 1.165) is 17.7 Å². The molecule has 0 unspecified atom stereocenters. The van der Waals surface area contributed by atoms with Crippen LogP contribution in [0.1, 0.15) is 18.1 Å². The Hall–Kier alpha value is -2.40. The highest BCUT2D eigenvalue weighted by Gasteiger charge is 2.07. The number of nitrogens with one attached hydrogen (secondary N) is 1. The molecule has 0 heterocycles. The van der Waals surface area contributed by atoms with E-state index in [1.54, 1.807) is 24.3 Å². The molecule has 2 rings (SSSR count). The van der Waals surface area contributed by atoms with Gasteiger partial charge in [0.15, 0.2) is 6.61 Å². The van der Waals surface area contributed by atoms with Crippen LogP contribution >= 0.6 is 12.2 Å². The second kappa shape index (κ2) is 7.56. The first-order valence-corrected chi connectivity index (χ1v) is 7.41. The van der Waals surface area contributed by atoms with Crippen LogP contribution in [0.4, 0.5) is 5.69 Å². The van der Waals surface area contributed by atoms with Gasteiger partial charge in [0.2, 0.25) is 0 Å². The summed E-state index contributed by atoms with van der Waals surface area (Å²) in [7, 11) is 0. The van der Waals surface area contributed by atoms with E-state index < -0.39 is 0 Å². The van der Waals surface area contributed by atoms with E-state index in [1.165, 1.54) is 0 Å². The van der Waals surface area contributed by atoms with Gasteiger partial charge in [-0.25, -0.2) is 0 Å². The van der Waals surface area contributed by atoms with Crippen LogP contribution in [0.2, 0.25) is 0 Å². The van der Waals surface area contributed by atoms with Crippen LogP contribution in [-0.4, -0.2) is 17.5 Å². The van der Waals surface area contributed by atoms with Crippen molar-refractivity contribution >= 4 is 28.8 Å². The average molecular weight is 314 g/mol. The molecule has 0 aliphatic heterocycles. The van der Waals surface area contributed by atoms with Gasteiger partial charge in [-0.05, 0) is 30.2 Å². The first-order valence-electron chi connectivity index (χ1n) is 7.00. The smallest absolute Gasteiger partial charge is 0.262 e. The molecule has 0 spiro atoms. The SMILES string of the molecule is CCc1ccccc1OCC(=O)Nc1cccc(C(N)=S)c1. The molecular formula is C17H18N2O2S. The van der Waals surface area contributed by atoms with Crippen LogP contribution in [0.15, 0.2) is 48.5 Å². The Morgan fingerprint density at radius 3 is 2.73 bits per heavy atom. The number of nitrogens with two attached hydrogens (primary N) is 1. The third-order valence-corrected chi connectivity index (χ3v) is 3.38. The Labute approximate surface area is 135 Å². The van der Waals surface area contributed by atoms with E-state index in [4.69, 9.17) is 22.7 Å². The summed E-state index contributed by atoms with van der Waals surface area (Å²) >= 11 is 4.92. The van der Waals surface area contributed by atoms with Gasteiger partial charge >= 0.3 is 0 Å². The minimum absolute atomic E-state index is 0.0473. The summed E-state index contributed by atoms with van der Waals surface area (Å²) in [6, 6.07) is 14.8. The van der Waals surface area contributed by atoms with E-state index in [9.17, 15) is 4.79 Å². The maximum Gasteiger partial charge on any atom is 0.262 e. The summed E-state index contributed by atoms with van der Waals surface area (Å²) in [5.41, 5.74) is 8.00. The monoisotopic (exact) mass is 314 g/mol. The van der Waals surface area contributed by atoms with Crippen molar-refractivity contribution in [2.75, 3.05) is 11.9 Å². The van der Waals surface area contributed by atoms with Crippen molar-refractivity contribution in [1.29, 1.82) is 0 Å². The lowest BCUT2D eigenvalue weighted by Crippen LogP contribution is -2.21. The highest BCUT2D eigenvalue weighted by atomic mass is 32.1. The molecule has 2 aromatic rings. The van der Waals surface area contributed by atoms with Gasteiger partial charge in [-0.1, -0.05) is 49.5 Å². The predicted octanol–water partition coefficient (Wildman–Crippen LogP) is 2.90. The number of hydrogen-bond acceptors (Lipinski definition) is 3. The van der Waals surface area contributed by atoms with Crippen molar-refractivity contribution in [2.24, 2.45) is 5.73 Å². The van der Waals surface area contributed by atoms with Crippen LogP contribution in [0.3, 0.4) is 0 Å². The van der Waals surface area contributed by atoms with Gasteiger partial charge in [0.25, 0.3) is 5.91 Å². The third kappa shape index (κ3) is 4.30. The molecule has 0 aliphatic rings. The summed E-state index contributed by atoms with van der Waals surface area (Å²) in [6.45, 7) is 2.00. The number of amides is 1. The quantitative estimate of drug-likeness (QED) is 0.805. The number of thiocarbonyl (C=S) groups is 1. The Morgan fingerprint density at radius 2 is 2.00 bits per heavy atom. The zero-order chi connectivity index (χ0) is 15.9. The van der Waals surface area contributed by atoms with E-state index in [0.29, 0.717) is 16.2 Å². The molecule has 0 fully saturated rings. The van der Waals surface area contributed by atoms with E-state index in [1.807, 2.05) is 31.2 Å². The summed E-state index contributed by atoms with van der Waals surface area (Å²) in [5.74, 6) is 0.503. The Morgan fingerprint density at radius 1 is 1.23 bits per heavy atom. The highest BCUT2D eigenvalue weighted by Crippen LogP contribution is 2.18. The second-order valence-electron chi connectivity index (χ2n) is 4.74. The standard InChI is InChI=1S/C17H18N2O2S/c1-2-12-6-3-4-9-15(12)21-11-16(20)19-14-8-5-7-13(10-14)17(18)22/h3-10H,2,11H2,1H3,(H2,18,22)(H,19,20). The number of ether oxygens (including phenoxy) is 1. The Balaban J connectivity index is 1.96. The largest absolute Gasteiger partial charge is 0.483 e. The number of benzene rings is 2. The Kier molecular flexibility index (Phi) is 5.49. The number of para-hydroxylation sites is 1. The van der Waals surface area contributed by atoms with E-state index >= 15 is 0 Å². The summed E-state index contributed by atoms with van der Waals surface area (Å²) in [4.78, 5) is 12.3. The van der Waals surface area contributed by atoms with Gasteiger partial charge in [0.1, 0.15) is 10.7 Å². The molecular weight excluding hydrogens is 296 g/mol. The lowest BCUT2D eigenvalue weighted by atomic mass is 10.1. The maximum absolute atomic E-state index is 12.0. The van der Waals surface area contributed by atoms with E-state index in [-0.39, 0.29) is 12.5 Å². The molecule has 0 saturated heterocycles. The fourth-order valence-corrected chi connectivity index (χ4v) is 2.15. The minimum atomic E-state index is -0.231. The minimum Gasteiger partial charge on any atom is -0.483 e. The average Bonchev–Trinajstić information content (AvgIpc) is 2.53. The molecule has 5 heteroatoms. The molecule has 0 saturated carbocycles. The van der Waals surface area contributed by atoms with Crippen molar-refractivity contribution in [2.45, 2.75) is 13.3 Å². The topological polar surface area (TPSA) is 64.3 Å². The van der Waals surface area contributed by atoms with Crippen LogP contribution in [-0.2, 0) is 11.2 Å². The summed E-state index contributed by atoms with van der Waals surface area (Å²) in [6.07, 6.45) is 0.855. The van der Waals surface area contributed by atoms with Crippen LogP contribution in [0.5, 0.6) is 5.75 Å². The normalized spacial score (nSPS) is 10.0. The van der Waals surface area contributed by atoms with Crippen molar-refractivity contribution < 1.29 is 9.53 Å². The number of carbonyl (C=O) groups excluding carboxylic acids is 1. The van der Waals surface area contributed by atoms with Gasteiger partial charge in [-0.15, -0.1) is 0 Å². The number of carbonyl (C=O) groups is 1. The van der Waals surface area contributed by atoms with Crippen LogP contribution in [0.25, 0.3) is 0 Å².